The molecule has 12 heavy (non-hydrogen) atoms. The fourth-order valence-electron chi connectivity index (χ4n) is 1.16. The maximum atomic E-state index is 2.26. The van der Waals surface area contributed by atoms with Crippen molar-refractivity contribution in [3.63, 3.8) is 0 Å². The Kier molecular flexibility index (Phi) is 2.90. The Morgan fingerprint density at radius 1 is 1.33 bits per heavy atom. The van der Waals surface area contributed by atoms with Crippen LogP contribution < -0.4 is 4.57 Å². The van der Waals surface area contributed by atoms with Gasteiger partial charge >= 0.3 is 0 Å². The molecule has 2 heteroatoms. The summed E-state index contributed by atoms with van der Waals surface area (Å²) in [5.41, 5.74) is 0. The van der Waals surface area contributed by atoms with Gasteiger partial charge in [-0.2, -0.15) is 0 Å². The molecule has 68 valence electrons. The molecular formula is C10H19N2+. The molecular weight excluding hydrogens is 148 g/mol. The van der Waals surface area contributed by atoms with Crippen LogP contribution in [-0.2, 0) is 0 Å². The molecule has 1 unspecified atom stereocenters. The first-order valence-electron chi connectivity index (χ1n) is 4.73. The lowest BCUT2D eigenvalue weighted by Gasteiger charge is -2.03. The van der Waals surface area contributed by atoms with Gasteiger partial charge in [-0.3, -0.25) is 0 Å². The van der Waals surface area contributed by atoms with Gasteiger partial charge in [0.05, 0.1) is 12.1 Å². The predicted molar refractivity (Wildman–Crippen MR) is 50.0 cm³/mol. The van der Waals surface area contributed by atoms with Crippen LogP contribution in [0.5, 0.6) is 0 Å². The van der Waals surface area contributed by atoms with Crippen molar-refractivity contribution in [3.05, 3.63) is 18.7 Å². The first-order valence-corrected chi connectivity index (χ1v) is 4.73. The molecule has 1 aromatic rings. The molecule has 1 heterocycles. The van der Waals surface area contributed by atoms with E-state index in [4.69, 9.17) is 0 Å². The highest BCUT2D eigenvalue weighted by atomic mass is 15.1. The molecule has 1 rings (SSSR count). The second-order valence-electron chi connectivity index (χ2n) is 3.66. The Balaban J connectivity index is 2.77. The molecule has 0 aliphatic heterocycles. The third-order valence-corrected chi connectivity index (χ3v) is 2.37. The molecule has 0 fully saturated rings. The topological polar surface area (TPSA) is 8.81 Å². The number of nitrogens with zero attached hydrogens (tertiary/aromatic N) is 2. The summed E-state index contributed by atoms with van der Waals surface area (Å²) < 4.78 is 4.49. The van der Waals surface area contributed by atoms with Crippen LogP contribution in [0.25, 0.3) is 0 Å². The van der Waals surface area contributed by atoms with Crippen molar-refractivity contribution in [1.82, 2.24) is 4.57 Å². The van der Waals surface area contributed by atoms with Crippen molar-refractivity contribution < 1.29 is 4.57 Å². The highest BCUT2D eigenvalue weighted by molar-refractivity contribution is 4.72. The van der Waals surface area contributed by atoms with Crippen LogP contribution in [0.4, 0.5) is 0 Å². The fourth-order valence-corrected chi connectivity index (χ4v) is 1.16. The lowest BCUT2D eigenvalue weighted by Crippen LogP contribution is -2.33. The molecule has 0 saturated carbocycles. The number of hydrogen-bond acceptors (Lipinski definition) is 0. The first-order chi connectivity index (χ1) is 5.65. The van der Waals surface area contributed by atoms with Gasteiger partial charge in [-0.1, -0.05) is 6.92 Å². The van der Waals surface area contributed by atoms with E-state index in [0.717, 1.165) is 0 Å². The molecule has 0 aliphatic rings. The van der Waals surface area contributed by atoms with E-state index in [2.05, 4.69) is 55.6 Å². The Morgan fingerprint density at radius 2 is 2.00 bits per heavy atom. The first kappa shape index (κ1) is 9.30. The van der Waals surface area contributed by atoms with Crippen LogP contribution in [0.2, 0.25) is 0 Å². The summed E-state index contributed by atoms with van der Waals surface area (Å²) in [6, 6.07) is 1.18. The predicted octanol–water partition coefficient (Wildman–Crippen LogP) is 2.33. The molecule has 1 atom stereocenters. The average Bonchev–Trinajstić information content (AvgIpc) is 2.51. The standard InChI is InChI=1S/C10H19N2/c1-5-10(4)12-7-6-11(8-12)9(2)3/h6-10H,5H2,1-4H3/q+1. The third-order valence-electron chi connectivity index (χ3n) is 2.37. The highest BCUT2D eigenvalue weighted by Crippen LogP contribution is 2.07. The highest BCUT2D eigenvalue weighted by Gasteiger charge is 2.10. The van der Waals surface area contributed by atoms with Gasteiger partial charge in [-0.15, -0.1) is 0 Å². The van der Waals surface area contributed by atoms with Crippen LogP contribution >= 0.6 is 0 Å². The quantitative estimate of drug-likeness (QED) is 0.611. The lowest BCUT2D eigenvalue weighted by atomic mass is 10.3. The summed E-state index contributed by atoms with van der Waals surface area (Å²) in [6.45, 7) is 8.84. The van der Waals surface area contributed by atoms with Gasteiger partial charge in [0.15, 0.2) is 0 Å². The minimum atomic E-state index is 0.565. The van der Waals surface area contributed by atoms with Crippen molar-refractivity contribution in [2.24, 2.45) is 0 Å². The van der Waals surface area contributed by atoms with Crippen LogP contribution in [0.1, 0.15) is 46.2 Å². The van der Waals surface area contributed by atoms with Crippen LogP contribution in [-0.4, -0.2) is 4.57 Å². The Morgan fingerprint density at radius 3 is 2.42 bits per heavy atom. The van der Waals surface area contributed by atoms with Crippen molar-refractivity contribution in [2.75, 3.05) is 0 Å². The van der Waals surface area contributed by atoms with E-state index in [1.165, 1.54) is 6.42 Å². The number of aromatic nitrogens is 2. The molecule has 0 N–H and O–H groups in total. The minimum absolute atomic E-state index is 0.565. The Bertz CT molecular complexity index is 238. The summed E-state index contributed by atoms with van der Waals surface area (Å²) in [5, 5.41) is 0. The lowest BCUT2D eigenvalue weighted by molar-refractivity contribution is -0.715. The van der Waals surface area contributed by atoms with Gasteiger partial charge in [0, 0.05) is 0 Å². The van der Waals surface area contributed by atoms with Crippen molar-refractivity contribution in [3.8, 4) is 0 Å². The van der Waals surface area contributed by atoms with Gasteiger partial charge in [0.2, 0.25) is 6.33 Å². The SMILES string of the molecule is CCC(C)n1cc[n+](C(C)C)c1. The zero-order valence-corrected chi connectivity index (χ0v) is 8.49. The number of rotatable bonds is 3. The monoisotopic (exact) mass is 167 g/mol. The van der Waals surface area contributed by atoms with Crippen LogP contribution in [0.3, 0.4) is 0 Å². The molecule has 0 spiro atoms. The average molecular weight is 167 g/mol. The Labute approximate surface area is 74.8 Å². The number of imidazole rings is 1. The number of hydrogen-bond donors (Lipinski definition) is 0. The van der Waals surface area contributed by atoms with Crippen LogP contribution in [0.15, 0.2) is 18.7 Å². The van der Waals surface area contributed by atoms with E-state index in [0.29, 0.717) is 12.1 Å². The smallest absolute Gasteiger partial charge is 0.235 e. The molecule has 0 aromatic carbocycles. The van der Waals surface area contributed by atoms with Gasteiger partial charge < -0.3 is 0 Å². The molecule has 1 aromatic heterocycles. The maximum absolute atomic E-state index is 2.26. The van der Waals surface area contributed by atoms with Crippen LogP contribution in [0, 0.1) is 0 Å². The molecule has 0 saturated heterocycles. The van der Waals surface area contributed by atoms with Crippen molar-refractivity contribution >= 4 is 0 Å². The van der Waals surface area contributed by atoms with Crippen molar-refractivity contribution in [1.29, 1.82) is 0 Å². The minimum Gasteiger partial charge on any atom is -0.235 e. The second-order valence-corrected chi connectivity index (χ2v) is 3.66. The summed E-state index contributed by atoms with van der Waals surface area (Å²) in [6.07, 6.45) is 7.65. The maximum Gasteiger partial charge on any atom is 0.244 e. The van der Waals surface area contributed by atoms with Gasteiger partial charge in [0.25, 0.3) is 0 Å². The third kappa shape index (κ3) is 1.87. The van der Waals surface area contributed by atoms with Gasteiger partial charge in [-0.25, -0.2) is 9.13 Å². The largest absolute Gasteiger partial charge is 0.244 e. The molecule has 0 aliphatic carbocycles. The summed E-state index contributed by atoms with van der Waals surface area (Å²) in [7, 11) is 0. The second kappa shape index (κ2) is 3.74. The summed E-state index contributed by atoms with van der Waals surface area (Å²) in [4.78, 5) is 0. The summed E-state index contributed by atoms with van der Waals surface area (Å²) >= 11 is 0. The zero-order valence-electron chi connectivity index (χ0n) is 8.49. The van der Waals surface area contributed by atoms with E-state index in [1.807, 2.05) is 0 Å². The van der Waals surface area contributed by atoms with Gasteiger partial charge in [0.1, 0.15) is 12.4 Å². The van der Waals surface area contributed by atoms with E-state index < -0.39 is 0 Å². The van der Waals surface area contributed by atoms with E-state index in [-0.39, 0.29) is 0 Å². The van der Waals surface area contributed by atoms with Gasteiger partial charge in [-0.05, 0) is 27.2 Å². The molecule has 0 bridgehead atoms. The molecule has 2 nitrogen and oxygen atoms in total. The van der Waals surface area contributed by atoms with Crippen molar-refractivity contribution in [2.45, 2.75) is 46.2 Å². The molecule has 0 amide bonds. The Hall–Kier alpha value is -0.790. The van der Waals surface area contributed by atoms with E-state index in [9.17, 15) is 0 Å². The zero-order chi connectivity index (χ0) is 9.14. The fraction of sp³-hybridized carbons (Fsp3) is 0.700. The van der Waals surface area contributed by atoms with E-state index >= 15 is 0 Å². The van der Waals surface area contributed by atoms with E-state index in [1.54, 1.807) is 0 Å². The normalized spacial score (nSPS) is 13.8. The summed E-state index contributed by atoms with van der Waals surface area (Å²) in [5.74, 6) is 0. The molecule has 0 radical (unpaired) electrons.